The predicted octanol–water partition coefficient (Wildman–Crippen LogP) is 4.70. The van der Waals surface area contributed by atoms with E-state index in [0.717, 1.165) is 28.7 Å². The number of hydrogen-bond acceptors (Lipinski definition) is 3. The summed E-state index contributed by atoms with van der Waals surface area (Å²) in [5.41, 5.74) is 3.89. The summed E-state index contributed by atoms with van der Waals surface area (Å²) in [7, 11) is 0. The van der Waals surface area contributed by atoms with Gasteiger partial charge in [0.25, 0.3) is 5.91 Å². The molecule has 0 bridgehead atoms. The smallest absolute Gasteiger partial charge is 0.251 e. The maximum atomic E-state index is 12.8. The van der Waals surface area contributed by atoms with Crippen LogP contribution in [0.3, 0.4) is 0 Å². The number of carbonyl (C=O) groups excluding carboxylic acids is 2. The van der Waals surface area contributed by atoms with Gasteiger partial charge in [-0.05, 0) is 62.2 Å². The SMILES string of the molecule is Cc1cc(C(=O)N[C@@H](C)c2nc3ccc(Cl)cc3[nH]2)ccc1N1CC=CCCC1=O. The molecule has 2 aromatic carbocycles. The van der Waals surface area contributed by atoms with E-state index in [-0.39, 0.29) is 17.9 Å². The van der Waals surface area contributed by atoms with E-state index in [0.29, 0.717) is 29.4 Å². The van der Waals surface area contributed by atoms with Crippen molar-refractivity contribution < 1.29 is 9.59 Å². The standard InChI is InChI=1S/C23H23ClN4O2/c1-14-12-16(7-10-20(14)28-11-5-3-4-6-21(28)29)23(30)25-15(2)22-26-18-9-8-17(24)13-19(18)27-22/h3,5,7-10,12-13,15H,4,6,11H2,1-2H3,(H,25,30)(H,26,27)/t15-/m0/s1. The quantitative estimate of drug-likeness (QED) is 0.598. The second-order valence-electron chi connectivity index (χ2n) is 7.49. The topological polar surface area (TPSA) is 78.1 Å². The Morgan fingerprint density at radius 3 is 2.87 bits per heavy atom. The molecule has 0 radical (unpaired) electrons. The molecule has 0 fully saturated rings. The third-order valence-electron chi connectivity index (χ3n) is 5.25. The molecule has 0 saturated carbocycles. The molecule has 0 unspecified atom stereocenters. The number of halogens is 1. The summed E-state index contributed by atoms with van der Waals surface area (Å²) in [6.45, 7) is 4.35. The summed E-state index contributed by atoms with van der Waals surface area (Å²) in [6.07, 6.45) is 5.30. The first-order valence-electron chi connectivity index (χ1n) is 9.94. The molecule has 3 aromatic rings. The fourth-order valence-electron chi connectivity index (χ4n) is 3.63. The molecule has 1 aromatic heterocycles. The van der Waals surface area contributed by atoms with E-state index in [1.807, 2.05) is 50.3 Å². The van der Waals surface area contributed by atoms with Crippen molar-refractivity contribution in [2.24, 2.45) is 0 Å². The van der Waals surface area contributed by atoms with Crippen LogP contribution in [-0.4, -0.2) is 28.3 Å². The zero-order valence-electron chi connectivity index (χ0n) is 16.9. The molecule has 30 heavy (non-hydrogen) atoms. The zero-order valence-corrected chi connectivity index (χ0v) is 17.7. The highest BCUT2D eigenvalue weighted by molar-refractivity contribution is 6.31. The van der Waals surface area contributed by atoms with Crippen molar-refractivity contribution >= 4 is 40.1 Å². The summed E-state index contributed by atoms with van der Waals surface area (Å²) in [4.78, 5) is 34.7. The van der Waals surface area contributed by atoms with Gasteiger partial charge in [-0.1, -0.05) is 23.8 Å². The Morgan fingerprint density at radius 2 is 2.07 bits per heavy atom. The average Bonchev–Trinajstić information content (AvgIpc) is 3.02. The van der Waals surface area contributed by atoms with E-state index in [2.05, 4.69) is 15.3 Å². The highest BCUT2D eigenvalue weighted by Crippen LogP contribution is 2.25. The van der Waals surface area contributed by atoms with E-state index in [1.54, 1.807) is 17.0 Å². The van der Waals surface area contributed by atoms with E-state index < -0.39 is 0 Å². The minimum absolute atomic E-state index is 0.0962. The van der Waals surface area contributed by atoms with Crippen LogP contribution in [0.5, 0.6) is 0 Å². The van der Waals surface area contributed by atoms with Crippen molar-refractivity contribution in [1.29, 1.82) is 0 Å². The van der Waals surface area contributed by atoms with Gasteiger partial charge >= 0.3 is 0 Å². The summed E-state index contributed by atoms with van der Waals surface area (Å²) < 4.78 is 0. The third-order valence-corrected chi connectivity index (χ3v) is 5.49. The third kappa shape index (κ3) is 4.09. The van der Waals surface area contributed by atoms with Gasteiger partial charge in [0.2, 0.25) is 5.91 Å². The Labute approximate surface area is 179 Å². The van der Waals surface area contributed by atoms with Crippen molar-refractivity contribution in [3.63, 3.8) is 0 Å². The summed E-state index contributed by atoms with van der Waals surface area (Å²) in [5, 5.41) is 3.60. The van der Waals surface area contributed by atoms with Crippen LogP contribution < -0.4 is 10.2 Å². The van der Waals surface area contributed by atoms with Crippen LogP contribution in [0.1, 0.15) is 47.6 Å². The minimum atomic E-state index is -0.305. The first-order valence-corrected chi connectivity index (χ1v) is 10.3. The van der Waals surface area contributed by atoms with E-state index in [1.165, 1.54) is 0 Å². The molecular formula is C23H23ClN4O2. The number of imidazole rings is 1. The maximum absolute atomic E-state index is 12.8. The number of nitrogens with zero attached hydrogens (tertiary/aromatic N) is 2. The molecular weight excluding hydrogens is 400 g/mol. The molecule has 0 saturated heterocycles. The van der Waals surface area contributed by atoms with E-state index in [9.17, 15) is 9.59 Å². The van der Waals surface area contributed by atoms with Gasteiger partial charge in [0, 0.05) is 29.2 Å². The van der Waals surface area contributed by atoms with Gasteiger partial charge < -0.3 is 15.2 Å². The zero-order chi connectivity index (χ0) is 21.3. The van der Waals surface area contributed by atoms with Crippen molar-refractivity contribution in [3.05, 3.63) is 70.5 Å². The molecule has 154 valence electrons. The predicted molar refractivity (Wildman–Crippen MR) is 119 cm³/mol. The lowest BCUT2D eigenvalue weighted by atomic mass is 10.1. The minimum Gasteiger partial charge on any atom is -0.342 e. The molecule has 0 aliphatic carbocycles. The van der Waals surface area contributed by atoms with Gasteiger partial charge in [-0.25, -0.2) is 4.98 Å². The number of anilines is 1. The molecule has 7 heteroatoms. The summed E-state index contributed by atoms with van der Waals surface area (Å²) in [6, 6.07) is 10.5. The number of allylic oxidation sites excluding steroid dienone is 1. The van der Waals surface area contributed by atoms with Gasteiger partial charge in [-0.3, -0.25) is 9.59 Å². The van der Waals surface area contributed by atoms with Crippen molar-refractivity contribution in [2.75, 3.05) is 11.4 Å². The number of aromatic nitrogens is 2. The molecule has 2 N–H and O–H groups in total. The molecule has 0 spiro atoms. The van der Waals surface area contributed by atoms with E-state index in [4.69, 9.17) is 11.6 Å². The molecule has 2 heterocycles. The number of aryl methyl sites for hydroxylation is 1. The monoisotopic (exact) mass is 422 g/mol. The van der Waals surface area contributed by atoms with Crippen molar-refractivity contribution in [3.8, 4) is 0 Å². The van der Waals surface area contributed by atoms with Crippen LogP contribution in [0, 0.1) is 6.92 Å². The van der Waals surface area contributed by atoms with Crippen LogP contribution in [0.4, 0.5) is 5.69 Å². The lowest BCUT2D eigenvalue weighted by Crippen LogP contribution is -2.31. The average molecular weight is 423 g/mol. The number of fused-ring (bicyclic) bond motifs is 1. The second kappa shape index (κ2) is 8.32. The van der Waals surface area contributed by atoms with Crippen LogP contribution >= 0.6 is 11.6 Å². The number of H-pyrrole nitrogens is 1. The second-order valence-corrected chi connectivity index (χ2v) is 7.93. The van der Waals surface area contributed by atoms with Gasteiger partial charge in [-0.2, -0.15) is 0 Å². The lowest BCUT2D eigenvalue weighted by molar-refractivity contribution is -0.118. The Morgan fingerprint density at radius 1 is 1.23 bits per heavy atom. The number of rotatable bonds is 4. The van der Waals surface area contributed by atoms with Crippen molar-refractivity contribution in [2.45, 2.75) is 32.7 Å². The number of hydrogen-bond donors (Lipinski definition) is 2. The van der Waals surface area contributed by atoms with Crippen LogP contribution in [0.15, 0.2) is 48.6 Å². The van der Waals surface area contributed by atoms with Crippen LogP contribution in [-0.2, 0) is 4.79 Å². The molecule has 2 amide bonds. The van der Waals surface area contributed by atoms with Gasteiger partial charge in [0.05, 0.1) is 17.1 Å². The number of benzene rings is 2. The van der Waals surface area contributed by atoms with Crippen LogP contribution in [0.25, 0.3) is 11.0 Å². The highest BCUT2D eigenvalue weighted by Gasteiger charge is 2.20. The first kappa shape index (κ1) is 20.2. The fourth-order valence-corrected chi connectivity index (χ4v) is 3.80. The Bertz CT molecular complexity index is 1150. The summed E-state index contributed by atoms with van der Waals surface area (Å²) >= 11 is 6.03. The molecule has 6 nitrogen and oxygen atoms in total. The number of carbonyl (C=O) groups is 2. The Hall–Kier alpha value is -3.12. The summed E-state index contributed by atoms with van der Waals surface area (Å²) in [5.74, 6) is 0.563. The maximum Gasteiger partial charge on any atom is 0.251 e. The first-order chi connectivity index (χ1) is 14.4. The molecule has 4 rings (SSSR count). The van der Waals surface area contributed by atoms with Gasteiger partial charge in [0.1, 0.15) is 5.82 Å². The van der Waals surface area contributed by atoms with Crippen molar-refractivity contribution in [1.82, 2.24) is 15.3 Å². The largest absolute Gasteiger partial charge is 0.342 e. The van der Waals surface area contributed by atoms with Crippen LogP contribution in [0.2, 0.25) is 5.02 Å². The number of aromatic amines is 1. The number of nitrogens with one attached hydrogen (secondary N) is 2. The molecule has 1 atom stereocenters. The lowest BCUT2D eigenvalue weighted by Gasteiger charge is -2.22. The van der Waals surface area contributed by atoms with Gasteiger partial charge in [-0.15, -0.1) is 0 Å². The van der Waals surface area contributed by atoms with Gasteiger partial charge in [0.15, 0.2) is 0 Å². The molecule has 1 aliphatic heterocycles. The van der Waals surface area contributed by atoms with E-state index >= 15 is 0 Å². The highest BCUT2D eigenvalue weighted by atomic mass is 35.5. The molecule has 1 aliphatic rings. The Kier molecular flexibility index (Phi) is 5.59. The number of amides is 2. The Balaban J connectivity index is 1.50. The normalized spacial score (nSPS) is 15.3. The fraction of sp³-hybridized carbons (Fsp3) is 0.261.